The maximum Gasteiger partial charge on any atom is 0.412 e. The van der Waals surface area contributed by atoms with Crippen LogP contribution in [0.3, 0.4) is 0 Å². The molecule has 2 aromatic rings. The molecule has 0 aliphatic carbocycles. The van der Waals surface area contributed by atoms with E-state index in [0.29, 0.717) is 17.8 Å². The van der Waals surface area contributed by atoms with Crippen LogP contribution in [0.2, 0.25) is 0 Å². The molecule has 0 spiro atoms. The van der Waals surface area contributed by atoms with Crippen LogP contribution in [-0.4, -0.2) is 35.7 Å². The number of aryl methyl sites for hydroxylation is 1. The van der Waals surface area contributed by atoms with Crippen molar-refractivity contribution in [3.8, 4) is 0 Å². The van der Waals surface area contributed by atoms with Gasteiger partial charge in [0.1, 0.15) is 5.82 Å². The lowest BCUT2D eigenvalue weighted by atomic mass is 9.89. The number of halogens is 3. The Bertz CT molecular complexity index is 844. The summed E-state index contributed by atoms with van der Waals surface area (Å²) in [6, 6.07) is 7.64. The minimum atomic E-state index is -1.32. The van der Waals surface area contributed by atoms with Gasteiger partial charge in [-0.15, -0.1) is 0 Å². The Morgan fingerprint density at radius 3 is 2.14 bits per heavy atom. The number of carboxylic acid groups (broad SMARTS) is 1. The quantitative estimate of drug-likeness (QED) is 0.713. The molecule has 0 radical (unpaired) electrons. The summed E-state index contributed by atoms with van der Waals surface area (Å²) in [6.07, 6.45) is 3.14. The molecule has 7 heteroatoms. The predicted octanol–water partition coefficient (Wildman–Crippen LogP) is 5.20. The fourth-order valence-electron chi connectivity index (χ4n) is 3.78. The van der Waals surface area contributed by atoms with E-state index in [9.17, 15) is 23.1 Å². The molecule has 5 rings (SSSR count). The third kappa shape index (κ3) is 5.50. The molecular weight excluding hydrogens is 381 g/mol. The van der Waals surface area contributed by atoms with Crippen molar-refractivity contribution in [2.75, 3.05) is 24.5 Å². The lowest BCUT2D eigenvalue weighted by Crippen LogP contribution is -2.41. The molecule has 29 heavy (non-hydrogen) atoms. The van der Waals surface area contributed by atoms with E-state index in [1.54, 1.807) is 31.2 Å². The third-order valence-electron chi connectivity index (χ3n) is 5.52. The van der Waals surface area contributed by atoms with Gasteiger partial charge in [-0.2, -0.15) is 0 Å². The Morgan fingerprint density at radius 1 is 1.03 bits per heavy atom. The van der Waals surface area contributed by atoms with Gasteiger partial charge >= 0.3 is 6.09 Å². The molecule has 1 N–H and O–H groups in total. The van der Waals surface area contributed by atoms with E-state index in [-0.39, 0.29) is 5.56 Å². The Morgan fingerprint density at radius 2 is 1.66 bits per heavy atom. The van der Waals surface area contributed by atoms with Gasteiger partial charge in [-0.25, -0.2) is 18.0 Å². The van der Waals surface area contributed by atoms with Crippen LogP contribution in [0.25, 0.3) is 0 Å². The largest absolute Gasteiger partial charge is 0.465 e. The fourth-order valence-corrected chi connectivity index (χ4v) is 3.78. The summed E-state index contributed by atoms with van der Waals surface area (Å²) in [7, 11) is 0. The van der Waals surface area contributed by atoms with Crippen LogP contribution in [0.4, 0.5) is 23.7 Å². The van der Waals surface area contributed by atoms with Crippen molar-refractivity contribution >= 4 is 11.8 Å². The van der Waals surface area contributed by atoms with E-state index in [2.05, 4.69) is 4.90 Å². The highest BCUT2D eigenvalue weighted by Gasteiger charge is 2.24. The zero-order chi connectivity index (χ0) is 21.0. The molecule has 4 nitrogen and oxygen atoms in total. The van der Waals surface area contributed by atoms with Crippen LogP contribution in [0.15, 0.2) is 36.4 Å². The van der Waals surface area contributed by atoms with Crippen molar-refractivity contribution in [2.45, 2.75) is 32.7 Å². The lowest BCUT2D eigenvalue weighted by molar-refractivity contribution is 0.111. The van der Waals surface area contributed by atoms with Gasteiger partial charge in [0.2, 0.25) is 0 Å². The minimum Gasteiger partial charge on any atom is -0.465 e. The topological polar surface area (TPSA) is 43.8 Å². The normalized spacial score (nSPS) is 20.0. The zero-order valence-corrected chi connectivity index (χ0v) is 16.4. The van der Waals surface area contributed by atoms with Crippen LogP contribution >= 0.6 is 0 Å². The molecule has 156 valence electrons. The van der Waals surface area contributed by atoms with E-state index in [4.69, 9.17) is 0 Å². The molecular formula is C22H25F3N2O2. The summed E-state index contributed by atoms with van der Waals surface area (Å²) in [6.45, 7) is 5.55. The Kier molecular flexibility index (Phi) is 6.79. The van der Waals surface area contributed by atoms with Crippen LogP contribution < -0.4 is 4.90 Å². The van der Waals surface area contributed by atoms with E-state index in [0.717, 1.165) is 16.4 Å². The first kappa shape index (κ1) is 21.2. The summed E-state index contributed by atoms with van der Waals surface area (Å²) in [4.78, 5) is 14.8. The van der Waals surface area contributed by atoms with Crippen LogP contribution in [0, 0.1) is 30.3 Å². The molecule has 2 bridgehead atoms. The molecule has 3 heterocycles. The number of benzene rings is 2. The second-order valence-electron chi connectivity index (χ2n) is 7.64. The molecule has 3 fully saturated rings. The molecule has 3 aliphatic rings. The van der Waals surface area contributed by atoms with Crippen molar-refractivity contribution in [1.29, 1.82) is 0 Å². The standard InChI is InChI=1S/C15H12F3NO2.C7H13N/c1-9-3-2-4-11(5-9)19(15(20)21)8-10-6-13(17)14(18)7-12(10)16;1-4-8-5-2-7(1)3-6-8/h2-7H,8H2,1H3,(H,20,21);7H,1-6H2. The van der Waals surface area contributed by atoms with E-state index in [1.807, 2.05) is 0 Å². The highest BCUT2D eigenvalue weighted by Crippen LogP contribution is 2.26. The molecule has 3 saturated heterocycles. The van der Waals surface area contributed by atoms with Gasteiger partial charge in [0, 0.05) is 17.3 Å². The number of anilines is 1. The summed E-state index contributed by atoms with van der Waals surface area (Å²) in [5.74, 6) is -2.41. The van der Waals surface area contributed by atoms with Gasteiger partial charge in [0.25, 0.3) is 0 Å². The van der Waals surface area contributed by atoms with Crippen LogP contribution in [-0.2, 0) is 6.54 Å². The van der Waals surface area contributed by atoms with Gasteiger partial charge in [-0.3, -0.25) is 4.90 Å². The molecule has 2 aromatic carbocycles. The van der Waals surface area contributed by atoms with Crippen molar-refractivity contribution in [3.05, 3.63) is 65.0 Å². The SMILES string of the molecule is C1CN2CCC1CC2.Cc1cccc(N(Cc2cc(F)c(F)cc2F)C(=O)O)c1. The Labute approximate surface area is 168 Å². The number of piperidine rings is 3. The first-order valence-electron chi connectivity index (χ1n) is 9.76. The number of carbonyl (C=O) groups is 1. The molecule has 0 aromatic heterocycles. The predicted molar refractivity (Wildman–Crippen MR) is 105 cm³/mol. The van der Waals surface area contributed by atoms with Gasteiger partial charge in [0.05, 0.1) is 6.54 Å². The van der Waals surface area contributed by atoms with Gasteiger partial charge in [-0.1, -0.05) is 12.1 Å². The third-order valence-corrected chi connectivity index (χ3v) is 5.52. The lowest BCUT2D eigenvalue weighted by Gasteiger charge is -2.38. The first-order valence-corrected chi connectivity index (χ1v) is 9.76. The van der Waals surface area contributed by atoms with Crippen molar-refractivity contribution in [3.63, 3.8) is 0 Å². The number of hydrogen-bond donors (Lipinski definition) is 1. The van der Waals surface area contributed by atoms with Gasteiger partial charge in [0.15, 0.2) is 11.6 Å². The van der Waals surface area contributed by atoms with Gasteiger partial charge < -0.3 is 10.0 Å². The highest BCUT2D eigenvalue weighted by molar-refractivity contribution is 5.86. The average Bonchev–Trinajstić information content (AvgIpc) is 2.71. The van der Waals surface area contributed by atoms with Crippen LogP contribution in [0.5, 0.6) is 0 Å². The maximum absolute atomic E-state index is 13.6. The smallest absolute Gasteiger partial charge is 0.412 e. The van der Waals surface area contributed by atoms with E-state index in [1.165, 1.54) is 38.9 Å². The van der Waals surface area contributed by atoms with Crippen LogP contribution in [0.1, 0.15) is 30.4 Å². The van der Waals surface area contributed by atoms with E-state index < -0.39 is 30.1 Å². The summed E-state index contributed by atoms with van der Waals surface area (Å²) < 4.78 is 39.7. The van der Waals surface area contributed by atoms with Crippen molar-refractivity contribution in [2.24, 2.45) is 5.92 Å². The fraction of sp³-hybridized carbons (Fsp3) is 0.409. The number of amides is 1. The molecule has 0 atom stereocenters. The number of hydrogen-bond acceptors (Lipinski definition) is 2. The zero-order valence-electron chi connectivity index (χ0n) is 16.4. The first-order chi connectivity index (χ1) is 13.8. The highest BCUT2D eigenvalue weighted by atomic mass is 19.2. The summed E-state index contributed by atoms with van der Waals surface area (Å²) in [5.41, 5.74) is 0.911. The number of fused-ring (bicyclic) bond motifs is 3. The van der Waals surface area contributed by atoms with Crippen molar-refractivity contribution < 1.29 is 23.1 Å². The minimum absolute atomic E-state index is 0.238. The Hall–Kier alpha value is -2.54. The molecule has 0 saturated carbocycles. The van der Waals surface area contributed by atoms with Crippen molar-refractivity contribution in [1.82, 2.24) is 4.90 Å². The molecule has 0 unspecified atom stereocenters. The second-order valence-corrected chi connectivity index (χ2v) is 7.64. The van der Waals surface area contributed by atoms with E-state index >= 15 is 0 Å². The Balaban J connectivity index is 0.000000246. The second kappa shape index (κ2) is 9.31. The number of rotatable bonds is 3. The molecule has 3 aliphatic heterocycles. The molecule has 1 amide bonds. The summed E-state index contributed by atoms with van der Waals surface area (Å²) in [5, 5.41) is 9.23. The van der Waals surface area contributed by atoms with Gasteiger partial charge in [-0.05, 0) is 75.5 Å². The monoisotopic (exact) mass is 406 g/mol. The average molecular weight is 406 g/mol. The summed E-state index contributed by atoms with van der Waals surface area (Å²) >= 11 is 0. The number of nitrogens with zero attached hydrogens (tertiary/aromatic N) is 2. The maximum atomic E-state index is 13.6.